The summed E-state index contributed by atoms with van der Waals surface area (Å²) in [5, 5.41) is 15.4. The molecule has 2 unspecified atom stereocenters. The summed E-state index contributed by atoms with van der Waals surface area (Å²) in [5.74, 6) is 2.42. The van der Waals surface area contributed by atoms with Crippen molar-refractivity contribution < 1.29 is 9.53 Å². The highest BCUT2D eigenvalue weighted by molar-refractivity contribution is 5.98. The third-order valence-electron chi connectivity index (χ3n) is 10.6. The minimum atomic E-state index is -0.122. The fourth-order valence-electron chi connectivity index (χ4n) is 7.75. The number of rotatable bonds is 10. The van der Waals surface area contributed by atoms with Crippen LogP contribution in [0.15, 0.2) is 79.1 Å². The predicted octanol–water partition coefficient (Wildman–Crippen LogP) is 4.86. The summed E-state index contributed by atoms with van der Waals surface area (Å²) in [6, 6.07) is 25.2. The average Bonchev–Trinajstić information content (AvgIpc) is 3.49. The summed E-state index contributed by atoms with van der Waals surface area (Å²) >= 11 is 0. The average molecular weight is 646 g/mol. The summed E-state index contributed by atoms with van der Waals surface area (Å²) in [7, 11) is 1.60. The second-order valence-electron chi connectivity index (χ2n) is 13.7. The van der Waals surface area contributed by atoms with Crippen LogP contribution in [0.25, 0.3) is 16.7 Å². The van der Waals surface area contributed by atoms with Gasteiger partial charge in [0.05, 0.1) is 29.4 Å². The Morgan fingerprint density at radius 3 is 2.67 bits per heavy atom. The third-order valence-corrected chi connectivity index (χ3v) is 10.6. The molecular formula is C37H43N9O2. The summed E-state index contributed by atoms with van der Waals surface area (Å²) in [4.78, 5) is 23.7. The molecule has 1 aliphatic carbocycles. The molecule has 4 heterocycles. The Kier molecular flexibility index (Phi) is 8.29. The van der Waals surface area contributed by atoms with Gasteiger partial charge in [-0.2, -0.15) is 0 Å². The van der Waals surface area contributed by atoms with Crippen LogP contribution in [0.3, 0.4) is 0 Å². The van der Waals surface area contributed by atoms with Crippen LogP contribution in [-0.4, -0.2) is 86.4 Å². The quantitative estimate of drug-likeness (QED) is 0.230. The van der Waals surface area contributed by atoms with Crippen LogP contribution in [0.5, 0.6) is 5.75 Å². The number of ether oxygens (including phenoxy) is 1. The molecular weight excluding hydrogens is 602 g/mol. The largest absolute Gasteiger partial charge is 0.496 e. The first-order valence-corrected chi connectivity index (χ1v) is 17.3. The molecule has 5 aromatic rings. The predicted molar refractivity (Wildman–Crippen MR) is 185 cm³/mol. The van der Waals surface area contributed by atoms with Crippen molar-refractivity contribution in [1.29, 1.82) is 0 Å². The number of carbonyl (C=O) groups is 1. The lowest BCUT2D eigenvalue weighted by atomic mass is 9.75. The molecule has 0 bridgehead atoms. The number of amides is 1. The van der Waals surface area contributed by atoms with Crippen LogP contribution in [0.2, 0.25) is 0 Å². The van der Waals surface area contributed by atoms with E-state index in [4.69, 9.17) is 9.72 Å². The number of para-hydroxylation sites is 2. The van der Waals surface area contributed by atoms with Crippen molar-refractivity contribution in [2.75, 3.05) is 44.7 Å². The van der Waals surface area contributed by atoms with Crippen molar-refractivity contribution in [3.63, 3.8) is 0 Å². The van der Waals surface area contributed by atoms with E-state index in [-0.39, 0.29) is 11.3 Å². The maximum absolute atomic E-state index is 14.1. The first kappa shape index (κ1) is 30.6. The topological polar surface area (TPSA) is 106 Å². The Balaban J connectivity index is 0.983. The lowest BCUT2D eigenvalue weighted by Crippen LogP contribution is -2.37. The SMILES string of the molecule is COc1ccc(-n2cnnn2)cc1C(=O)N1CCC(CCC2CCN(c3nc4ccccc4n3CC3CC3)CCN2)(c2ccccc2)C1. The minimum Gasteiger partial charge on any atom is -0.496 e. The molecule has 248 valence electrons. The van der Waals surface area contributed by atoms with Crippen LogP contribution >= 0.6 is 0 Å². The second kappa shape index (κ2) is 13.0. The molecule has 8 rings (SSSR count). The summed E-state index contributed by atoms with van der Waals surface area (Å²) < 4.78 is 9.66. The number of methoxy groups -OCH3 is 1. The molecule has 11 nitrogen and oxygen atoms in total. The number of imidazole rings is 1. The zero-order valence-electron chi connectivity index (χ0n) is 27.5. The van der Waals surface area contributed by atoms with Gasteiger partial charge in [0.15, 0.2) is 0 Å². The van der Waals surface area contributed by atoms with Crippen LogP contribution in [0.4, 0.5) is 5.95 Å². The van der Waals surface area contributed by atoms with Gasteiger partial charge in [-0.1, -0.05) is 42.5 Å². The highest BCUT2D eigenvalue weighted by atomic mass is 16.5. The number of aromatic nitrogens is 6. The molecule has 3 fully saturated rings. The van der Waals surface area contributed by atoms with E-state index in [1.807, 2.05) is 23.1 Å². The van der Waals surface area contributed by atoms with E-state index in [0.29, 0.717) is 36.1 Å². The molecule has 0 radical (unpaired) electrons. The standard InChI is InChI=1S/C37H43N9O2/c1-48-34-14-13-30(46-26-39-41-42-46)23-31(34)35(47)44-21-18-37(25-44,28-7-3-2-4-8-28)17-15-29-16-20-43(22-19-38-29)36-40-32-9-5-6-10-33(32)45(36)24-27-11-12-27/h2-10,13-14,23,26-27,29,38H,11-12,15-22,24-25H2,1H3. The first-order chi connectivity index (χ1) is 23.6. The van der Waals surface area contributed by atoms with E-state index in [2.05, 4.69) is 84.9 Å². The van der Waals surface area contributed by atoms with Crippen LogP contribution in [-0.2, 0) is 12.0 Å². The fraction of sp³-hybridized carbons (Fsp3) is 0.432. The highest BCUT2D eigenvalue weighted by Crippen LogP contribution is 2.41. The normalized spacial score (nSPS) is 21.5. The monoisotopic (exact) mass is 645 g/mol. The Labute approximate surface area is 280 Å². The van der Waals surface area contributed by atoms with Crippen molar-refractivity contribution in [2.45, 2.75) is 56.5 Å². The van der Waals surface area contributed by atoms with Gasteiger partial charge in [0.25, 0.3) is 5.91 Å². The van der Waals surface area contributed by atoms with Gasteiger partial charge in [-0.3, -0.25) is 4.79 Å². The Morgan fingerprint density at radius 2 is 1.85 bits per heavy atom. The van der Waals surface area contributed by atoms with E-state index in [9.17, 15) is 4.79 Å². The van der Waals surface area contributed by atoms with Gasteiger partial charge in [0, 0.05) is 50.7 Å². The molecule has 2 aliphatic heterocycles. The van der Waals surface area contributed by atoms with Crippen LogP contribution in [0, 0.1) is 5.92 Å². The number of tetrazole rings is 1. The van der Waals surface area contributed by atoms with Crippen molar-refractivity contribution in [3.05, 3.63) is 90.3 Å². The Hall–Kier alpha value is -4.77. The number of hydrogen-bond acceptors (Lipinski definition) is 8. The zero-order valence-corrected chi connectivity index (χ0v) is 27.5. The number of nitrogens with one attached hydrogen (secondary N) is 1. The maximum atomic E-state index is 14.1. The molecule has 1 N–H and O–H groups in total. The first-order valence-electron chi connectivity index (χ1n) is 17.3. The van der Waals surface area contributed by atoms with Gasteiger partial charge >= 0.3 is 0 Å². The van der Waals surface area contributed by atoms with E-state index in [0.717, 1.165) is 69.2 Å². The number of benzene rings is 3. The summed E-state index contributed by atoms with van der Waals surface area (Å²) in [6.07, 6.45) is 8.19. The van der Waals surface area contributed by atoms with Crippen molar-refractivity contribution in [1.82, 2.24) is 40.0 Å². The van der Waals surface area contributed by atoms with Gasteiger partial charge in [0.2, 0.25) is 5.95 Å². The number of nitrogens with zero attached hydrogens (tertiary/aromatic N) is 8. The van der Waals surface area contributed by atoms with Crippen molar-refractivity contribution in [3.8, 4) is 11.4 Å². The molecule has 2 atom stereocenters. The van der Waals surface area contributed by atoms with Crippen molar-refractivity contribution >= 4 is 22.9 Å². The zero-order chi connectivity index (χ0) is 32.5. The highest BCUT2D eigenvalue weighted by Gasteiger charge is 2.42. The molecule has 48 heavy (non-hydrogen) atoms. The van der Waals surface area contributed by atoms with Gasteiger partial charge in [-0.05, 0) is 90.8 Å². The van der Waals surface area contributed by atoms with Gasteiger partial charge in [0.1, 0.15) is 12.1 Å². The van der Waals surface area contributed by atoms with E-state index in [1.54, 1.807) is 11.8 Å². The van der Waals surface area contributed by atoms with E-state index < -0.39 is 0 Å². The number of likely N-dealkylation sites (tertiary alicyclic amines) is 1. The van der Waals surface area contributed by atoms with Gasteiger partial charge in [-0.25, -0.2) is 9.67 Å². The lowest BCUT2D eigenvalue weighted by Gasteiger charge is -2.32. The fourth-order valence-corrected chi connectivity index (χ4v) is 7.75. The maximum Gasteiger partial charge on any atom is 0.257 e. The summed E-state index contributed by atoms with van der Waals surface area (Å²) in [6.45, 7) is 5.27. The number of anilines is 1. The molecule has 0 spiro atoms. The van der Waals surface area contributed by atoms with E-state index >= 15 is 0 Å². The van der Waals surface area contributed by atoms with Gasteiger partial charge in [-0.15, -0.1) is 5.10 Å². The van der Waals surface area contributed by atoms with Gasteiger partial charge < -0.3 is 24.4 Å². The Morgan fingerprint density at radius 1 is 1.00 bits per heavy atom. The molecule has 2 saturated heterocycles. The minimum absolute atomic E-state index is 0.0306. The number of hydrogen-bond donors (Lipinski definition) is 1. The molecule has 11 heteroatoms. The molecule has 1 saturated carbocycles. The molecule has 3 aromatic carbocycles. The third kappa shape index (κ3) is 6.03. The Bertz CT molecular complexity index is 1870. The van der Waals surface area contributed by atoms with Crippen LogP contribution < -0.4 is 15.0 Å². The molecule has 3 aliphatic rings. The molecule has 2 aromatic heterocycles. The number of carbonyl (C=O) groups excluding carboxylic acids is 1. The van der Waals surface area contributed by atoms with E-state index in [1.165, 1.54) is 30.2 Å². The van der Waals surface area contributed by atoms with Crippen molar-refractivity contribution in [2.24, 2.45) is 5.92 Å². The smallest absolute Gasteiger partial charge is 0.257 e. The lowest BCUT2D eigenvalue weighted by molar-refractivity contribution is 0.0778. The summed E-state index contributed by atoms with van der Waals surface area (Å²) in [5.41, 5.74) is 4.76. The second-order valence-corrected chi connectivity index (χ2v) is 13.7. The number of fused-ring (bicyclic) bond motifs is 1. The van der Waals surface area contributed by atoms with Crippen LogP contribution in [0.1, 0.15) is 54.4 Å². The molecule has 1 amide bonds.